The van der Waals surface area contributed by atoms with Crippen LogP contribution in [0.1, 0.15) is 46.5 Å². The van der Waals surface area contributed by atoms with Crippen LogP contribution in [0.5, 0.6) is 0 Å². The van der Waals surface area contributed by atoms with E-state index in [0.717, 1.165) is 12.8 Å². The van der Waals surface area contributed by atoms with Gasteiger partial charge < -0.3 is 20.3 Å². The molecule has 6 heteroatoms. The second-order valence-electron chi connectivity index (χ2n) is 5.73. The highest BCUT2D eigenvalue weighted by Crippen LogP contribution is 2.32. The van der Waals surface area contributed by atoms with Gasteiger partial charge in [-0.05, 0) is 33.6 Å². The molecule has 0 aromatic heterocycles. The summed E-state index contributed by atoms with van der Waals surface area (Å²) < 4.78 is 5.00. The van der Waals surface area contributed by atoms with Gasteiger partial charge in [-0.3, -0.25) is 0 Å². The Bertz CT molecular complexity index is 328. The topological polar surface area (TPSA) is 95.9 Å². The fourth-order valence-corrected chi connectivity index (χ4v) is 2.13. The second-order valence-corrected chi connectivity index (χ2v) is 5.73. The number of carboxylic acids is 1. The van der Waals surface area contributed by atoms with E-state index in [2.05, 4.69) is 5.32 Å². The van der Waals surface area contributed by atoms with E-state index in [1.807, 2.05) is 0 Å². The summed E-state index contributed by atoms with van der Waals surface area (Å²) in [5.74, 6) is -1.25. The first-order chi connectivity index (χ1) is 8.14. The van der Waals surface area contributed by atoms with Crippen LogP contribution < -0.4 is 5.32 Å². The number of hydrogen-bond acceptors (Lipinski definition) is 4. The molecule has 0 spiro atoms. The molecule has 1 amide bonds. The predicted molar refractivity (Wildman–Crippen MR) is 64.2 cm³/mol. The van der Waals surface area contributed by atoms with Crippen LogP contribution in [0.3, 0.4) is 0 Å². The number of aliphatic carboxylic acids is 1. The molecule has 0 radical (unpaired) electrons. The molecule has 1 saturated carbocycles. The molecule has 0 saturated heterocycles. The Balaban J connectivity index is 2.70. The highest BCUT2D eigenvalue weighted by Gasteiger charge is 2.45. The van der Waals surface area contributed by atoms with Crippen LogP contribution in [-0.4, -0.2) is 39.5 Å². The van der Waals surface area contributed by atoms with Crippen molar-refractivity contribution in [2.75, 3.05) is 0 Å². The monoisotopic (exact) mass is 259 g/mol. The minimum atomic E-state index is -1.37. The molecule has 0 heterocycles. The predicted octanol–water partition coefficient (Wildman–Crippen LogP) is 1.27. The van der Waals surface area contributed by atoms with Gasteiger partial charge in [-0.1, -0.05) is 12.8 Å². The first-order valence-corrected chi connectivity index (χ1v) is 6.09. The molecule has 0 unspecified atom stereocenters. The first-order valence-electron chi connectivity index (χ1n) is 6.09. The Hall–Kier alpha value is -1.30. The van der Waals surface area contributed by atoms with E-state index in [4.69, 9.17) is 9.84 Å². The Kier molecular flexibility index (Phi) is 4.21. The number of rotatable bonds is 3. The Labute approximate surface area is 106 Å². The number of hydrogen-bond donors (Lipinski definition) is 3. The van der Waals surface area contributed by atoms with Crippen molar-refractivity contribution in [3.63, 3.8) is 0 Å². The van der Waals surface area contributed by atoms with E-state index < -0.39 is 29.3 Å². The third-order valence-corrected chi connectivity index (χ3v) is 2.91. The first kappa shape index (κ1) is 14.8. The van der Waals surface area contributed by atoms with Crippen LogP contribution in [0.25, 0.3) is 0 Å². The molecule has 1 aliphatic carbocycles. The summed E-state index contributed by atoms with van der Waals surface area (Å²) in [4.78, 5) is 22.7. The zero-order valence-electron chi connectivity index (χ0n) is 11.0. The smallest absolute Gasteiger partial charge is 0.408 e. The summed E-state index contributed by atoms with van der Waals surface area (Å²) in [5, 5.41) is 21.6. The van der Waals surface area contributed by atoms with Gasteiger partial charge in [0.1, 0.15) is 5.60 Å². The van der Waals surface area contributed by atoms with Crippen LogP contribution in [0, 0.1) is 0 Å². The third-order valence-electron chi connectivity index (χ3n) is 2.91. The molecule has 18 heavy (non-hydrogen) atoms. The lowest BCUT2D eigenvalue weighted by Crippen LogP contribution is -2.56. The molecule has 3 N–H and O–H groups in total. The van der Waals surface area contributed by atoms with E-state index in [1.54, 1.807) is 20.8 Å². The van der Waals surface area contributed by atoms with Gasteiger partial charge in [0.2, 0.25) is 0 Å². The Morgan fingerprint density at radius 2 is 1.78 bits per heavy atom. The number of carboxylic acid groups (broad SMARTS) is 1. The van der Waals surface area contributed by atoms with Crippen molar-refractivity contribution in [2.45, 2.75) is 63.7 Å². The van der Waals surface area contributed by atoms with Crippen molar-refractivity contribution in [3.05, 3.63) is 0 Å². The van der Waals surface area contributed by atoms with Gasteiger partial charge in [-0.15, -0.1) is 0 Å². The van der Waals surface area contributed by atoms with Crippen molar-refractivity contribution in [2.24, 2.45) is 0 Å². The minimum Gasteiger partial charge on any atom is -0.480 e. The zero-order chi connectivity index (χ0) is 14.0. The zero-order valence-corrected chi connectivity index (χ0v) is 11.0. The maximum absolute atomic E-state index is 11.6. The van der Waals surface area contributed by atoms with Crippen LogP contribution in [0.15, 0.2) is 0 Å². The van der Waals surface area contributed by atoms with Gasteiger partial charge in [0, 0.05) is 0 Å². The number of nitrogens with one attached hydrogen (secondary N) is 1. The lowest BCUT2D eigenvalue weighted by Gasteiger charge is -2.30. The third kappa shape index (κ3) is 3.87. The molecule has 1 fully saturated rings. The molecule has 1 rings (SSSR count). The number of alkyl carbamates (subject to hydrolysis) is 1. The summed E-state index contributed by atoms with van der Waals surface area (Å²) in [6.07, 6.45) is 1.45. The molecule has 0 bridgehead atoms. The lowest BCUT2D eigenvalue weighted by molar-refractivity contribution is -0.147. The molecule has 6 nitrogen and oxygen atoms in total. The van der Waals surface area contributed by atoms with Crippen LogP contribution in [0.2, 0.25) is 0 Å². The molecular formula is C12H21NO5. The normalized spacial score (nSPS) is 20.2. The summed E-state index contributed by atoms with van der Waals surface area (Å²) in [7, 11) is 0. The van der Waals surface area contributed by atoms with Crippen molar-refractivity contribution < 1.29 is 24.5 Å². The number of carbonyl (C=O) groups excluding carboxylic acids is 1. The fraction of sp³-hybridized carbons (Fsp3) is 0.833. The Morgan fingerprint density at radius 1 is 1.28 bits per heavy atom. The highest BCUT2D eigenvalue weighted by atomic mass is 16.6. The molecule has 0 aliphatic heterocycles. The van der Waals surface area contributed by atoms with Gasteiger partial charge >= 0.3 is 12.1 Å². The van der Waals surface area contributed by atoms with Crippen molar-refractivity contribution in [1.29, 1.82) is 0 Å². The molecule has 0 aromatic rings. The number of aliphatic hydroxyl groups is 1. The van der Waals surface area contributed by atoms with E-state index in [1.165, 1.54) is 0 Å². The summed E-state index contributed by atoms with van der Waals surface area (Å²) in [5.41, 5.74) is -2.08. The highest BCUT2D eigenvalue weighted by molar-refractivity contribution is 5.81. The number of carbonyl (C=O) groups is 2. The molecule has 0 aromatic carbocycles. The van der Waals surface area contributed by atoms with Crippen molar-refractivity contribution in [3.8, 4) is 0 Å². The SMILES string of the molecule is CC(C)(C)OC(=O)N[C@@H](C(=O)O)C1(O)CCCC1. The summed E-state index contributed by atoms with van der Waals surface area (Å²) >= 11 is 0. The molecule has 1 atom stereocenters. The summed E-state index contributed by atoms with van der Waals surface area (Å²) in [6, 6.07) is -1.32. The lowest BCUT2D eigenvalue weighted by atomic mass is 9.92. The standard InChI is InChI=1S/C12H21NO5/c1-11(2,3)18-10(16)13-8(9(14)15)12(17)6-4-5-7-12/h8,17H,4-7H2,1-3H3,(H,13,16)(H,14,15)/t8-/m0/s1. The second kappa shape index (κ2) is 5.14. The Morgan fingerprint density at radius 3 is 2.17 bits per heavy atom. The van der Waals surface area contributed by atoms with Gasteiger partial charge in [-0.2, -0.15) is 0 Å². The van der Waals surface area contributed by atoms with Crippen LogP contribution >= 0.6 is 0 Å². The van der Waals surface area contributed by atoms with Gasteiger partial charge in [0.15, 0.2) is 6.04 Å². The van der Waals surface area contributed by atoms with Crippen molar-refractivity contribution >= 4 is 12.1 Å². The summed E-state index contributed by atoms with van der Waals surface area (Å²) in [6.45, 7) is 5.06. The maximum Gasteiger partial charge on any atom is 0.408 e. The van der Waals surface area contributed by atoms with Crippen molar-refractivity contribution in [1.82, 2.24) is 5.32 Å². The van der Waals surface area contributed by atoms with E-state index in [-0.39, 0.29) is 0 Å². The van der Waals surface area contributed by atoms with Crippen LogP contribution in [0.4, 0.5) is 4.79 Å². The number of ether oxygens (including phenoxy) is 1. The van der Waals surface area contributed by atoms with Gasteiger partial charge in [-0.25, -0.2) is 9.59 Å². The van der Waals surface area contributed by atoms with E-state index >= 15 is 0 Å². The minimum absolute atomic E-state index is 0.375. The van der Waals surface area contributed by atoms with E-state index in [0.29, 0.717) is 12.8 Å². The maximum atomic E-state index is 11.6. The largest absolute Gasteiger partial charge is 0.480 e. The van der Waals surface area contributed by atoms with Crippen LogP contribution in [-0.2, 0) is 9.53 Å². The fourth-order valence-electron chi connectivity index (χ4n) is 2.13. The molecular weight excluding hydrogens is 238 g/mol. The average molecular weight is 259 g/mol. The quantitative estimate of drug-likeness (QED) is 0.709. The van der Waals surface area contributed by atoms with Gasteiger partial charge in [0.05, 0.1) is 5.60 Å². The van der Waals surface area contributed by atoms with E-state index in [9.17, 15) is 14.7 Å². The molecule has 1 aliphatic rings. The number of amides is 1. The van der Waals surface area contributed by atoms with Gasteiger partial charge in [0.25, 0.3) is 0 Å². The average Bonchev–Trinajstić information content (AvgIpc) is 2.59. The molecule has 104 valence electrons.